The molecule has 0 bridgehead atoms. The fourth-order valence-electron chi connectivity index (χ4n) is 1.38. The van der Waals surface area contributed by atoms with E-state index in [4.69, 9.17) is 0 Å². The Morgan fingerprint density at radius 1 is 1.53 bits per heavy atom. The highest BCUT2D eigenvalue weighted by Crippen LogP contribution is 2.30. The molecular weight excluding hydrogens is 188 g/mol. The topological polar surface area (TPSA) is 42.0 Å². The molecule has 1 aromatic rings. The molecule has 3 nitrogen and oxygen atoms in total. The van der Waals surface area contributed by atoms with Crippen molar-refractivity contribution in [1.29, 1.82) is 0 Å². The summed E-state index contributed by atoms with van der Waals surface area (Å²) in [7, 11) is 0. The molecule has 2 rings (SSSR count). The van der Waals surface area contributed by atoms with E-state index in [2.05, 4.69) is 22.5 Å². The molecule has 0 aliphatic heterocycles. The largest absolute Gasteiger partial charge is 0.353 e. The van der Waals surface area contributed by atoms with Gasteiger partial charge in [-0.2, -0.15) is 0 Å². The number of nitrogens with one attached hydrogen (secondary N) is 1. The third kappa shape index (κ3) is 3.20. The van der Waals surface area contributed by atoms with Crippen LogP contribution < -0.4 is 5.32 Å². The lowest BCUT2D eigenvalue weighted by molar-refractivity contribution is -0.109. The van der Waals surface area contributed by atoms with Crippen LogP contribution in [0.2, 0.25) is 0 Å². The van der Waals surface area contributed by atoms with Crippen LogP contribution in [0.5, 0.6) is 0 Å². The van der Waals surface area contributed by atoms with E-state index in [-0.39, 0.29) is 0 Å². The van der Waals surface area contributed by atoms with E-state index in [0.29, 0.717) is 13.0 Å². The van der Waals surface area contributed by atoms with E-state index in [1.807, 2.05) is 12.1 Å². The second-order valence-corrected chi connectivity index (χ2v) is 3.78. The molecule has 0 aromatic carbocycles. The van der Waals surface area contributed by atoms with Gasteiger partial charge in [-0.3, -0.25) is 9.78 Å². The Kier molecular flexibility index (Phi) is 3.12. The summed E-state index contributed by atoms with van der Waals surface area (Å²) in [6.07, 6.45) is 9.47. The fraction of sp³-hybridized carbons (Fsp3) is 0.333. The maximum Gasteiger partial charge on any atom is 0.207 e. The van der Waals surface area contributed by atoms with Gasteiger partial charge < -0.3 is 5.32 Å². The van der Waals surface area contributed by atoms with Gasteiger partial charge in [0.2, 0.25) is 6.41 Å². The maximum atomic E-state index is 10.1. The molecule has 0 atom stereocenters. The predicted molar refractivity (Wildman–Crippen MR) is 58.9 cm³/mol. The van der Waals surface area contributed by atoms with Crippen molar-refractivity contribution in [3.8, 4) is 0 Å². The van der Waals surface area contributed by atoms with Crippen molar-refractivity contribution in [3.05, 3.63) is 35.7 Å². The number of aromatic nitrogens is 1. The van der Waals surface area contributed by atoms with Gasteiger partial charge in [-0.1, -0.05) is 12.2 Å². The zero-order valence-corrected chi connectivity index (χ0v) is 8.52. The molecule has 1 amide bonds. The fourth-order valence-corrected chi connectivity index (χ4v) is 1.38. The predicted octanol–water partition coefficient (Wildman–Crippen LogP) is 1.75. The highest BCUT2D eigenvalue weighted by atomic mass is 16.1. The number of allylic oxidation sites excluding steroid dienone is 1. The third-order valence-corrected chi connectivity index (χ3v) is 2.39. The lowest BCUT2D eigenvalue weighted by Gasteiger charge is -1.99. The Morgan fingerprint density at radius 3 is 3.13 bits per heavy atom. The monoisotopic (exact) mass is 202 g/mol. The lowest BCUT2D eigenvalue weighted by atomic mass is 10.2. The first kappa shape index (κ1) is 9.90. The van der Waals surface area contributed by atoms with Gasteiger partial charge in [0.15, 0.2) is 0 Å². The average molecular weight is 202 g/mol. The van der Waals surface area contributed by atoms with Crippen LogP contribution in [-0.2, 0) is 11.3 Å². The first-order chi connectivity index (χ1) is 7.38. The average Bonchev–Trinajstić information content (AvgIpc) is 3.08. The zero-order valence-electron chi connectivity index (χ0n) is 8.52. The van der Waals surface area contributed by atoms with E-state index in [0.717, 1.165) is 17.2 Å². The number of carbonyl (C=O) groups excluding carboxylic acids is 1. The summed E-state index contributed by atoms with van der Waals surface area (Å²) in [5, 5.41) is 2.60. The van der Waals surface area contributed by atoms with Gasteiger partial charge in [-0.05, 0) is 36.5 Å². The highest BCUT2D eigenvalue weighted by molar-refractivity contribution is 5.50. The summed E-state index contributed by atoms with van der Waals surface area (Å²) in [5.74, 6) is 0.787. The summed E-state index contributed by atoms with van der Waals surface area (Å²) in [6, 6.07) is 3.97. The molecule has 0 radical (unpaired) electrons. The SMILES string of the molecule is O=CNCc1cc(/C=C/C2CC2)ccn1. The second-order valence-electron chi connectivity index (χ2n) is 3.78. The third-order valence-electron chi connectivity index (χ3n) is 2.39. The maximum absolute atomic E-state index is 10.1. The Morgan fingerprint density at radius 2 is 2.40 bits per heavy atom. The molecule has 1 heterocycles. The molecular formula is C12H14N2O. The summed E-state index contributed by atoms with van der Waals surface area (Å²) in [5.41, 5.74) is 2.04. The molecule has 1 aliphatic carbocycles. The lowest BCUT2D eigenvalue weighted by Crippen LogP contribution is -2.10. The molecule has 1 aliphatic rings. The molecule has 1 fully saturated rings. The van der Waals surface area contributed by atoms with E-state index < -0.39 is 0 Å². The molecule has 0 saturated heterocycles. The normalized spacial score (nSPS) is 15.5. The highest BCUT2D eigenvalue weighted by Gasteiger charge is 2.16. The van der Waals surface area contributed by atoms with E-state index in [1.54, 1.807) is 6.20 Å². The number of amides is 1. The number of hydrogen-bond donors (Lipinski definition) is 1. The van der Waals surface area contributed by atoms with E-state index >= 15 is 0 Å². The van der Waals surface area contributed by atoms with Crippen molar-refractivity contribution in [2.75, 3.05) is 0 Å². The van der Waals surface area contributed by atoms with Gasteiger partial charge >= 0.3 is 0 Å². The summed E-state index contributed by atoms with van der Waals surface area (Å²) in [4.78, 5) is 14.3. The van der Waals surface area contributed by atoms with Crippen LogP contribution in [0.15, 0.2) is 24.4 Å². The van der Waals surface area contributed by atoms with Crippen molar-refractivity contribution in [3.63, 3.8) is 0 Å². The van der Waals surface area contributed by atoms with Crippen LogP contribution >= 0.6 is 0 Å². The minimum atomic E-state index is 0.495. The molecule has 15 heavy (non-hydrogen) atoms. The number of hydrogen-bond acceptors (Lipinski definition) is 2. The molecule has 3 heteroatoms. The van der Waals surface area contributed by atoms with Crippen LogP contribution in [-0.4, -0.2) is 11.4 Å². The summed E-state index contributed by atoms with van der Waals surface area (Å²) >= 11 is 0. The number of rotatable bonds is 5. The zero-order chi connectivity index (χ0) is 10.5. The minimum absolute atomic E-state index is 0.495. The van der Waals surface area contributed by atoms with E-state index in [9.17, 15) is 4.79 Å². The van der Waals surface area contributed by atoms with Crippen molar-refractivity contribution >= 4 is 12.5 Å². The minimum Gasteiger partial charge on any atom is -0.353 e. The van der Waals surface area contributed by atoms with Crippen LogP contribution in [0.3, 0.4) is 0 Å². The van der Waals surface area contributed by atoms with Crippen LogP contribution in [0.1, 0.15) is 24.1 Å². The standard InChI is InChI=1S/C12H14N2O/c15-9-13-8-12-7-11(5-6-14-12)4-3-10-1-2-10/h3-7,9-10H,1-2,8H2,(H,13,15)/b4-3+. The van der Waals surface area contributed by atoms with Gasteiger partial charge in [0.25, 0.3) is 0 Å². The quantitative estimate of drug-likeness (QED) is 0.739. The number of pyridine rings is 1. The molecule has 1 aromatic heterocycles. The Bertz CT molecular complexity index is 370. The molecule has 0 spiro atoms. The van der Waals surface area contributed by atoms with Gasteiger partial charge in [-0.25, -0.2) is 0 Å². The van der Waals surface area contributed by atoms with Crippen LogP contribution in [0.25, 0.3) is 6.08 Å². The molecule has 1 N–H and O–H groups in total. The molecule has 78 valence electrons. The Labute approximate surface area is 89.2 Å². The van der Waals surface area contributed by atoms with Crippen LogP contribution in [0, 0.1) is 5.92 Å². The second kappa shape index (κ2) is 4.73. The van der Waals surface area contributed by atoms with Crippen LogP contribution in [0.4, 0.5) is 0 Å². The summed E-state index contributed by atoms with van der Waals surface area (Å²) in [6.45, 7) is 0.495. The van der Waals surface area contributed by atoms with Gasteiger partial charge in [0.1, 0.15) is 0 Å². The van der Waals surface area contributed by atoms with E-state index in [1.165, 1.54) is 12.8 Å². The first-order valence-electron chi connectivity index (χ1n) is 5.18. The number of carbonyl (C=O) groups is 1. The Hall–Kier alpha value is -1.64. The van der Waals surface area contributed by atoms with Gasteiger partial charge in [0, 0.05) is 6.20 Å². The Balaban J connectivity index is 2.00. The summed E-state index contributed by atoms with van der Waals surface area (Å²) < 4.78 is 0. The van der Waals surface area contributed by atoms with Crippen molar-refractivity contribution < 1.29 is 4.79 Å². The van der Waals surface area contributed by atoms with Crippen molar-refractivity contribution in [1.82, 2.24) is 10.3 Å². The van der Waals surface area contributed by atoms with Crippen molar-refractivity contribution in [2.24, 2.45) is 5.92 Å². The van der Waals surface area contributed by atoms with Gasteiger partial charge in [-0.15, -0.1) is 0 Å². The smallest absolute Gasteiger partial charge is 0.207 e. The molecule has 0 unspecified atom stereocenters. The first-order valence-corrected chi connectivity index (χ1v) is 5.18. The van der Waals surface area contributed by atoms with Crippen molar-refractivity contribution in [2.45, 2.75) is 19.4 Å². The molecule has 1 saturated carbocycles. The number of nitrogens with zero attached hydrogens (tertiary/aromatic N) is 1. The van der Waals surface area contributed by atoms with Gasteiger partial charge in [0.05, 0.1) is 12.2 Å².